The van der Waals surface area contributed by atoms with E-state index in [1.165, 1.54) is 0 Å². The van der Waals surface area contributed by atoms with Gasteiger partial charge in [-0.2, -0.15) is 0 Å². The molecule has 84 valence electrons. The van der Waals surface area contributed by atoms with E-state index in [2.05, 4.69) is 6.58 Å². The molecule has 0 aromatic carbocycles. The minimum atomic E-state index is 0.143. The van der Waals surface area contributed by atoms with E-state index in [0.29, 0.717) is 19.8 Å². The van der Waals surface area contributed by atoms with Crippen molar-refractivity contribution in [3.05, 3.63) is 12.2 Å². The van der Waals surface area contributed by atoms with Crippen LogP contribution in [-0.2, 0) is 14.2 Å². The van der Waals surface area contributed by atoms with Crippen molar-refractivity contribution >= 4 is 0 Å². The summed E-state index contributed by atoms with van der Waals surface area (Å²) in [6, 6.07) is 0. The molecular formula is C11H22O3. The van der Waals surface area contributed by atoms with Gasteiger partial charge in [0.2, 0.25) is 0 Å². The lowest BCUT2D eigenvalue weighted by Gasteiger charge is -2.11. The summed E-state index contributed by atoms with van der Waals surface area (Å²) in [6.45, 7) is 10.4. The maximum Gasteiger partial charge on any atom is 0.0781 e. The monoisotopic (exact) mass is 202 g/mol. The summed E-state index contributed by atoms with van der Waals surface area (Å²) >= 11 is 0. The fourth-order valence-corrected chi connectivity index (χ4v) is 0.940. The van der Waals surface area contributed by atoms with E-state index in [1.54, 1.807) is 7.11 Å². The molecule has 0 heterocycles. The molecule has 0 aromatic heterocycles. The van der Waals surface area contributed by atoms with Gasteiger partial charge in [0.25, 0.3) is 0 Å². The molecule has 0 aliphatic rings. The number of hydrogen-bond donors (Lipinski definition) is 0. The van der Waals surface area contributed by atoms with Gasteiger partial charge in [-0.1, -0.05) is 5.57 Å². The van der Waals surface area contributed by atoms with Crippen LogP contribution in [0.4, 0.5) is 0 Å². The minimum absolute atomic E-state index is 0.143. The van der Waals surface area contributed by atoms with Crippen LogP contribution in [0, 0.1) is 0 Å². The zero-order valence-corrected chi connectivity index (χ0v) is 9.54. The van der Waals surface area contributed by atoms with E-state index in [1.807, 2.05) is 13.8 Å². The highest BCUT2D eigenvalue weighted by Crippen LogP contribution is 1.96. The molecule has 3 heteroatoms. The highest BCUT2D eigenvalue weighted by atomic mass is 16.5. The molecule has 0 amide bonds. The normalized spacial score (nSPS) is 12.8. The Labute approximate surface area is 87.0 Å². The van der Waals surface area contributed by atoms with Crippen molar-refractivity contribution in [1.29, 1.82) is 0 Å². The van der Waals surface area contributed by atoms with Crippen LogP contribution in [-0.4, -0.2) is 39.6 Å². The van der Waals surface area contributed by atoms with Crippen LogP contribution in [0.5, 0.6) is 0 Å². The Balaban J connectivity index is 3.09. The highest BCUT2D eigenvalue weighted by Gasteiger charge is 1.99. The second-order valence-corrected chi connectivity index (χ2v) is 3.46. The zero-order valence-electron chi connectivity index (χ0n) is 9.54. The van der Waals surface area contributed by atoms with Crippen LogP contribution in [0.15, 0.2) is 12.2 Å². The van der Waals surface area contributed by atoms with Crippen LogP contribution in [0.3, 0.4) is 0 Å². The number of hydrogen-bond acceptors (Lipinski definition) is 3. The van der Waals surface area contributed by atoms with Crippen molar-refractivity contribution in [1.82, 2.24) is 0 Å². The molecule has 0 bridgehead atoms. The first-order valence-electron chi connectivity index (χ1n) is 4.99. The average Bonchev–Trinajstić information content (AvgIpc) is 2.11. The summed E-state index contributed by atoms with van der Waals surface area (Å²) in [7, 11) is 1.67. The first kappa shape index (κ1) is 13.6. The average molecular weight is 202 g/mol. The van der Waals surface area contributed by atoms with Crippen LogP contribution in [0.2, 0.25) is 0 Å². The largest absolute Gasteiger partial charge is 0.382 e. The predicted octanol–water partition coefficient (Wildman–Crippen LogP) is 2.02. The lowest BCUT2D eigenvalue weighted by Crippen LogP contribution is -2.17. The van der Waals surface area contributed by atoms with Gasteiger partial charge < -0.3 is 14.2 Å². The molecular weight excluding hydrogens is 180 g/mol. The highest BCUT2D eigenvalue weighted by molar-refractivity contribution is 4.86. The van der Waals surface area contributed by atoms with E-state index in [0.717, 1.165) is 18.6 Å². The maximum atomic E-state index is 5.42. The number of methoxy groups -OCH3 is 1. The van der Waals surface area contributed by atoms with Gasteiger partial charge in [-0.25, -0.2) is 0 Å². The lowest BCUT2D eigenvalue weighted by atomic mass is 10.3. The smallest absolute Gasteiger partial charge is 0.0781 e. The predicted molar refractivity (Wildman–Crippen MR) is 57.5 cm³/mol. The summed E-state index contributed by atoms with van der Waals surface area (Å²) in [4.78, 5) is 0. The van der Waals surface area contributed by atoms with Crippen molar-refractivity contribution in [2.24, 2.45) is 0 Å². The van der Waals surface area contributed by atoms with E-state index >= 15 is 0 Å². The summed E-state index contributed by atoms with van der Waals surface area (Å²) in [6.07, 6.45) is 1.07. The Bertz CT molecular complexity index is 145. The van der Waals surface area contributed by atoms with Gasteiger partial charge in [-0.3, -0.25) is 0 Å². The van der Waals surface area contributed by atoms with Crippen molar-refractivity contribution in [3.8, 4) is 0 Å². The van der Waals surface area contributed by atoms with Crippen LogP contribution >= 0.6 is 0 Å². The summed E-state index contributed by atoms with van der Waals surface area (Å²) in [5.41, 5.74) is 1.15. The maximum absolute atomic E-state index is 5.42. The number of ether oxygens (including phenoxy) is 3. The summed E-state index contributed by atoms with van der Waals surface area (Å²) < 4.78 is 15.7. The van der Waals surface area contributed by atoms with Gasteiger partial charge in [0.1, 0.15) is 0 Å². The molecule has 3 nitrogen and oxygen atoms in total. The molecule has 1 atom stereocenters. The second kappa shape index (κ2) is 9.19. The van der Waals surface area contributed by atoms with Gasteiger partial charge in [-0.05, 0) is 20.3 Å². The Morgan fingerprint density at radius 2 is 2.00 bits per heavy atom. The van der Waals surface area contributed by atoms with Gasteiger partial charge in [-0.15, -0.1) is 6.58 Å². The van der Waals surface area contributed by atoms with Gasteiger partial charge in [0.05, 0.1) is 32.5 Å². The molecule has 1 unspecified atom stereocenters. The molecule has 0 aliphatic heterocycles. The Hall–Kier alpha value is -0.380. The molecule has 0 fully saturated rings. The third-order valence-electron chi connectivity index (χ3n) is 1.70. The fraction of sp³-hybridized carbons (Fsp3) is 0.818. The van der Waals surface area contributed by atoms with Gasteiger partial charge in [0.15, 0.2) is 0 Å². The first-order valence-corrected chi connectivity index (χ1v) is 4.99. The van der Waals surface area contributed by atoms with Crippen LogP contribution < -0.4 is 0 Å². The van der Waals surface area contributed by atoms with Crippen molar-refractivity contribution in [2.75, 3.05) is 33.5 Å². The van der Waals surface area contributed by atoms with Gasteiger partial charge in [0, 0.05) is 7.11 Å². The molecule has 0 N–H and O–H groups in total. The van der Waals surface area contributed by atoms with Crippen LogP contribution in [0.25, 0.3) is 0 Å². The molecule has 0 rings (SSSR count). The Morgan fingerprint density at radius 1 is 1.29 bits per heavy atom. The molecule has 0 aromatic rings. The van der Waals surface area contributed by atoms with E-state index in [9.17, 15) is 0 Å². The summed E-state index contributed by atoms with van der Waals surface area (Å²) in [5, 5.41) is 0. The summed E-state index contributed by atoms with van der Waals surface area (Å²) in [5.74, 6) is 0. The first-order chi connectivity index (χ1) is 6.66. The Morgan fingerprint density at radius 3 is 2.57 bits per heavy atom. The molecule has 0 aliphatic carbocycles. The zero-order chi connectivity index (χ0) is 10.8. The van der Waals surface area contributed by atoms with Crippen molar-refractivity contribution in [3.63, 3.8) is 0 Å². The van der Waals surface area contributed by atoms with E-state index in [4.69, 9.17) is 14.2 Å². The standard InChI is InChI=1S/C11H22O3/c1-10(2)5-6-13-7-8-14-11(3)9-12-4/h11H,1,5-9H2,2-4H3. The second-order valence-electron chi connectivity index (χ2n) is 3.46. The molecule has 0 saturated carbocycles. The number of rotatable bonds is 9. The molecule has 14 heavy (non-hydrogen) atoms. The topological polar surface area (TPSA) is 27.7 Å². The van der Waals surface area contributed by atoms with E-state index < -0.39 is 0 Å². The van der Waals surface area contributed by atoms with Gasteiger partial charge >= 0.3 is 0 Å². The molecule has 0 radical (unpaired) electrons. The third kappa shape index (κ3) is 9.71. The van der Waals surface area contributed by atoms with Crippen molar-refractivity contribution < 1.29 is 14.2 Å². The van der Waals surface area contributed by atoms with Crippen molar-refractivity contribution in [2.45, 2.75) is 26.4 Å². The molecule has 0 spiro atoms. The molecule has 0 saturated heterocycles. The quantitative estimate of drug-likeness (QED) is 0.423. The van der Waals surface area contributed by atoms with E-state index in [-0.39, 0.29) is 6.10 Å². The third-order valence-corrected chi connectivity index (χ3v) is 1.70. The minimum Gasteiger partial charge on any atom is -0.382 e. The Kier molecular flexibility index (Phi) is 8.94. The van der Waals surface area contributed by atoms with Crippen LogP contribution in [0.1, 0.15) is 20.3 Å². The fourth-order valence-electron chi connectivity index (χ4n) is 0.940. The SMILES string of the molecule is C=C(C)CCOCCOC(C)COC. The lowest BCUT2D eigenvalue weighted by molar-refractivity contribution is -0.0192.